The van der Waals surface area contributed by atoms with Gasteiger partial charge in [-0.05, 0) is 35.6 Å². The Morgan fingerprint density at radius 2 is 1.92 bits per heavy atom. The highest BCUT2D eigenvalue weighted by Crippen LogP contribution is 2.22. The van der Waals surface area contributed by atoms with Crippen LogP contribution in [0, 0.1) is 5.82 Å². The summed E-state index contributed by atoms with van der Waals surface area (Å²) in [5.41, 5.74) is 0.739. The van der Waals surface area contributed by atoms with E-state index in [2.05, 4.69) is 37.6 Å². The maximum absolute atomic E-state index is 13.7. The second-order valence-electron chi connectivity index (χ2n) is 5.74. The summed E-state index contributed by atoms with van der Waals surface area (Å²) in [6, 6.07) is 11.2. The van der Waals surface area contributed by atoms with E-state index in [-0.39, 0.29) is 29.8 Å². The van der Waals surface area contributed by atoms with Crippen LogP contribution < -0.4 is 10.2 Å². The van der Waals surface area contributed by atoms with Crippen molar-refractivity contribution in [2.75, 3.05) is 44.7 Å². The highest BCUT2D eigenvalue weighted by molar-refractivity contribution is 14.0. The van der Waals surface area contributed by atoms with Crippen LogP contribution >= 0.6 is 35.3 Å². The number of guanidine groups is 1. The fourth-order valence-electron chi connectivity index (χ4n) is 2.93. The zero-order chi connectivity index (χ0) is 16.8. The van der Waals surface area contributed by atoms with Gasteiger partial charge in [-0.25, -0.2) is 4.39 Å². The molecule has 0 amide bonds. The zero-order valence-corrected chi connectivity index (χ0v) is 17.5. The van der Waals surface area contributed by atoms with E-state index in [1.165, 1.54) is 11.1 Å². The molecule has 1 fully saturated rings. The molecule has 1 aliphatic rings. The quantitative estimate of drug-likeness (QED) is 0.419. The van der Waals surface area contributed by atoms with Gasteiger partial charge in [0, 0.05) is 39.8 Å². The van der Waals surface area contributed by atoms with Gasteiger partial charge in [0.1, 0.15) is 5.82 Å². The van der Waals surface area contributed by atoms with Crippen LogP contribution in [-0.2, 0) is 6.42 Å². The van der Waals surface area contributed by atoms with Crippen LogP contribution in [0.3, 0.4) is 0 Å². The summed E-state index contributed by atoms with van der Waals surface area (Å²) in [5, 5.41) is 6.80. The number of halogens is 2. The van der Waals surface area contributed by atoms with Crippen LogP contribution in [0.25, 0.3) is 0 Å². The minimum Gasteiger partial charge on any atom is -0.360 e. The number of rotatable bonds is 4. The SMILES string of the molecule is CN=C(NCCc1ccccc1F)N1CCN(c2cccs2)CC1.I. The number of piperazine rings is 1. The Morgan fingerprint density at radius 1 is 1.16 bits per heavy atom. The lowest BCUT2D eigenvalue weighted by Gasteiger charge is -2.37. The van der Waals surface area contributed by atoms with Crippen LogP contribution in [0.4, 0.5) is 9.39 Å². The first kappa shape index (κ1) is 20.0. The predicted molar refractivity (Wildman–Crippen MR) is 115 cm³/mol. The summed E-state index contributed by atoms with van der Waals surface area (Å²) in [6.45, 7) is 4.55. The van der Waals surface area contributed by atoms with Crippen molar-refractivity contribution in [3.05, 3.63) is 53.2 Å². The number of hydrogen-bond donors (Lipinski definition) is 1. The third kappa shape index (κ3) is 5.31. The maximum atomic E-state index is 13.7. The highest BCUT2D eigenvalue weighted by Gasteiger charge is 2.20. The van der Waals surface area contributed by atoms with Crippen LogP contribution in [0.5, 0.6) is 0 Å². The Morgan fingerprint density at radius 3 is 2.56 bits per heavy atom. The van der Waals surface area contributed by atoms with Gasteiger partial charge in [0.2, 0.25) is 0 Å². The Kier molecular flexibility index (Phi) is 7.95. The normalized spacial score (nSPS) is 15.0. The molecule has 0 aliphatic carbocycles. The highest BCUT2D eigenvalue weighted by atomic mass is 127. The molecule has 0 spiro atoms. The molecule has 2 aromatic rings. The van der Waals surface area contributed by atoms with E-state index < -0.39 is 0 Å². The third-order valence-electron chi connectivity index (χ3n) is 4.24. The van der Waals surface area contributed by atoms with Crippen molar-refractivity contribution in [3.8, 4) is 0 Å². The molecule has 1 aliphatic heterocycles. The average Bonchev–Trinajstić information content (AvgIpc) is 3.15. The Balaban J connectivity index is 0.00000225. The van der Waals surface area contributed by atoms with E-state index >= 15 is 0 Å². The van der Waals surface area contributed by atoms with Crippen LogP contribution in [0.1, 0.15) is 5.56 Å². The topological polar surface area (TPSA) is 30.9 Å². The molecule has 136 valence electrons. The molecule has 1 aromatic heterocycles. The molecule has 0 saturated carbocycles. The van der Waals surface area contributed by atoms with Gasteiger partial charge < -0.3 is 15.1 Å². The van der Waals surface area contributed by atoms with Crippen molar-refractivity contribution in [2.45, 2.75) is 6.42 Å². The van der Waals surface area contributed by atoms with Crippen LogP contribution in [0.15, 0.2) is 46.8 Å². The van der Waals surface area contributed by atoms with Gasteiger partial charge in [-0.1, -0.05) is 18.2 Å². The number of hydrogen-bond acceptors (Lipinski definition) is 3. The molecule has 0 atom stereocenters. The average molecular weight is 474 g/mol. The molecule has 3 rings (SSSR count). The smallest absolute Gasteiger partial charge is 0.193 e. The number of benzene rings is 1. The van der Waals surface area contributed by atoms with Crippen LogP contribution in [0.2, 0.25) is 0 Å². The van der Waals surface area contributed by atoms with Crippen molar-refractivity contribution in [1.29, 1.82) is 0 Å². The van der Waals surface area contributed by atoms with Crippen molar-refractivity contribution in [1.82, 2.24) is 10.2 Å². The molecule has 0 unspecified atom stereocenters. The molecule has 7 heteroatoms. The Bertz CT molecular complexity index is 669. The Hall–Kier alpha value is -1.35. The zero-order valence-electron chi connectivity index (χ0n) is 14.3. The first-order valence-corrected chi connectivity index (χ1v) is 9.13. The van der Waals surface area contributed by atoms with Gasteiger partial charge >= 0.3 is 0 Å². The molecule has 25 heavy (non-hydrogen) atoms. The van der Waals surface area contributed by atoms with Gasteiger partial charge in [-0.3, -0.25) is 4.99 Å². The lowest BCUT2D eigenvalue weighted by atomic mass is 10.1. The molecule has 2 heterocycles. The second kappa shape index (κ2) is 9.96. The molecule has 1 N–H and O–H groups in total. The predicted octanol–water partition coefficient (Wildman–Crippen LogP) is 3.45. The van der Waals surface area contributed by atoms with Crippen molar-refractivity contribution >= 4 is 46.3 Å². The van der Waals surface area contributed by atoms with Gasteiger partial charge in [0.05, 0.1) is 5.00 Å². The fraction of sp³-hybridized carbons (Fsp3) is 0.389. The summed E-state index contributed by atoms with van der Waals surface area (Å²) < 4.78 is 13.7. The van der Waals surface area contributed by atoms with Gasteiger partial charge in [0.15, 0.2) is 5.96 Å². The molecular weight excluding hydrogens is 450 g/mol. The number of thiophene rings is 1. The van der Waals surface area contributed by atoms with E-state index in [0.717, 1.165) is 37.7 Å². The second-order valence-corrected chi connectivity index (χ2v) is 6.67. The van der Waals surface area contributed by atoms with Crippen molar-refractivity contribution in [2.24, 2.45) is 4.99 Å². The monoisotopic (exact) mass is 474 g/mol. The van der Waals surface area contributed by atoms with Gasteiger partial charge in [-0.15, -0.1) is 35.3 Å². The maximum Gasteiger partial charge on any atom is 0.193 e. The minimum atomic E-state index is -0.140. The molecular formula is C18H24FIN4S. The first-order valence-electron chi connectivity index (χ1n) is 8.25. The number of aliphatic imine (C=N–C) groups is 1. The Labute approximate surface area is 169 Å². The summed E-state index contributed by atoms with van der Waals surface area (Å²) in [4.78, 5) is 9.05. The van der Waals surface area contributed by atoms with E-state index in [0.29, 0.717) is 13.0 Å². The number of nitrogens with one attached hydrogen (secondary N) is 1. The van der Waals surface area contributed by atoms with Crippen molar-refractivity contribution in [3.63, 3.8) is 0 Å². The molecule has 0 bridgehead atoms. The minimum absolute atomic E-state index is 0. The number of nitrogens with zero attached hydrogens (tertiary/aromatic N) is 3. The lowest BCUT2D eigenvalue weighted by molar-refractivity contribution is 0.373. The van der Waals surface area contributed by atoms with E-state index in [4.69, 9.17) is 0 Å². The van der Waals surface area contributed by atoms with Gasteiger partial charge in [0.25, 0.3) is 0 Å². The van der Waals surface area contributed by atoms with Crippen molar-refractivity contribution < 1.29 is 4.39 Å². The third-order valence-corrected chi connectivity index (χ3v) is 5.17. The van der Waals surface area contributed by atoms with E-state index in [1.807, 2.05) is 12.1 Å². The molecule has 1 aromatic carbocycles. The van der Waals surface area contributed by atoms with Gasteiger partial charge in [-0.2, -0.15) is 0 Å². The fourth-order valence-corrected chi connectivity index (χ4v) is 3.72. The summed E-state index contributed by atoms with van der Waals surface area (Å²) >= 11 is 1.78. The van der Waals surface area contributed by atoms with E-state index in [1.54, 1.807) is 24.5 Å². The molecule has 4 nitrogen and oxygen atoms in total. The summed E-state index contributed by atoms with van der Waals surface area (Å²) in [6.07, 6.45) is 0.654. The molecule has 0 radical (unpaired) electrons. The summed E-state index contributed by atoms with van der Waals surface area (Å²) in [7, 11) is 1.80. The summed E-state index contributed by atoms with van der Waals surface area (Å²) in [5.74, 6) is 0.760. The van der Waals surface area contributed by atoms with E-state index in [9.17, 15) is 4.39 Å². The lowest BCUT2D eigenvalue weighted by Crippen LogP contribution is -2.52. The largest absolute Gasteiger partial charge is 0.360 e. The first-order chi connectivity index (χ1) is 11.8. The van der Waals surface area contributed by atoms with Crippen LogP contribution in [-0.4, -0.2) is 50.6 Å². The molecule has 1 saturated heterocycles. The number of anilines is 1. The standard InChI is InChI=1S/C18H23FN4S.HI/c1-20-18(21-9-8-15-5-2-3-6-16(15)19)23-12-10-22(11-13-23)17-7-4-14-24-17;/h2-7,14H,8-13H2,1H3,(H,20,21);1H.